The molecule has 2 aromatic carbocycles. The van der Waals surface area contributed by atoms with E-state index >= 15 is 0 Å². The predicted molar refractivity (Wildman–Crippen MR) is 100 cm³/mol. The summed E-state index contributed by atoms with van der Waals surface area (Å²) in [5, 5.41) is 2.67. The molecule has 136 valence electrons. The minimum atomic E-state index is -0.316. The number of carbonyl (C=O) groups excluding carboxylic acids is 2. The smallest absolute Gasteiger partial charge is 0.265 e. The summed E-state index contributed by atoms with van der Waals surface area (Å²) in [5.41, 5.74) is 2.26. The van der Waals surface area contributed by atoms with Crippen LogP contribution in [0.5, 0.6) is 11.5 Å². The van der Waals surface area contributed by atoms with Gasteiger partial charge in [0.1, 0.15) is 24.0 Å². The Kier molecular flexibility index (Phi) is 5.63. The van der Waals surface area contributed by atoms with E-state index in [4.69, 9.17) is 21.1 Å². The van der Waals surface area contributed by atoms with Crippen molar-refractivity contribution in [2.75, 3.05) is 35.9 Å². The second-order valence-corrected chi connectivity index (χ2v) is 6.13. The van der Waals surface area contributed by atoms with Crippen molar-refractivity contribution in [1.29, 1.82) is 0 Å². The molecule has 0 aromatic heterocycles. The number of nitrogens with one attached hydrogen (secondary N) is 1. The predicted octanol–water partition coefficient (Wildman–Crippen LogP) is 2.98. The first kappa shape index (κ1) is 18.1. The van der Waals surface area contributed by atoms with Crippen LogP contribution in [0.2, 0.25) is 0 Å². The highest BCUT2D eigenvalue weighted by atomic mass is 35.5. The maximum atomic E-state index is 12.3. The van der Waals surface area contributed by atoms with E-state index in [-0.39, 0.29) is 24.3 Å². The van der Waals surface area contributed by atoms with E-state index in [0.29, 0.717) is 30.3 Å². The molecule has 0 fully saturated rings. The molecule has 3 rings (SSSR count). The second kappa shape index (κ2) is 8.10. The number of nitrogens with zero attached hydrogens (tertiary/aromatic N) is 1. The zero-order chi connectivity index (χ0) is 18.5. The Labute approximate surface area is 156 Å². The van der Waals surface area contributed by atoms with E-state index in [2.05, 4.69) is 5.32 Å². The van der Waals surface area contributed by atoms with E-state index in [1.807, 2.05) is 31.2 Å². The lowest BCUT2D eigenvalue weighted by Crippen LogP contribution is -2.41. The molecule has 0 spiro atoms. The van der Waals surface area contributed by atoms with Gasteiger partial charge in [0, 0.05) is 5.69 Å². The van der Waals surface area contributed by atoms with Crippen LogP contribution in [-0.2, 0) is 9.59 Å². The highest BCUT2D eigenvalue weighted by Crippen LogP contribution is 2.34. The number of amides is 2. The number of halogens is 1. The fourth-order valence-electron chi connectivity index (χ4n) is 2.68. The normalized spacial score (nSPS) is 13.0. The fraction of sp³-hybridized carbons (Fsp3) is 0.263. The fourth-order valence-corrected chi connectivity index (χ4v) is 2.75. The Hall–Kier alpha value is -2.73. The van der Waals surface area contributed by atoms with Crippen LogP contribution >= 0.6 is 11.6 Å². The van der Waals surface area contributed by atoms with Gasteiger partial charge < -0.3 is 19.7 Å². The summed E-state index contributed by atoms with van der Waals surface area (Å²) in [6.07, 6.45) is 0. The summed E-state index contributed by atoms with van der Waals surface area (Å²) in [6.45, 7) is 2.68. The number of benzene rings is 2. The van der Waals surface area contributed by atoms with Crippen LogP contribution in [0.4, 0.5) is 11.4 Å². The first-order chi connectivity index (χ1) is 12.6. The molecule has 0 bridgehead atoms. The van der Waals surface area contributed by atoms with Gasteiger partial charge in [-0.1, -0.05) is 12.1 Å². The number of fused-ring (bicyclic) bond motifs is 1. The van der Waals surface area contributed by atoms with E-state index in [9.17, 15) is 9.59 Å². The van der Waals surface area contributed by atoms with Crippen LogP contribution in [0.15, 0.2) is 42.5 Å². The molecule has 26 heavy (non-hydrogen) atoms. The molecule has 1 aliphatic rings. The third-order valence-corrected chi connectivity index (χ3v) is 4.12. The molecule has 7 heteroatoms. The Morgan fingerprint density at radius 3 is 2.92 bits per heavy atom. The van der Waals surface area contributed by atoms with Gasteiger partial charge in [0.05, 0.1) is 12.2 Å². The number of aryl methyl sites for hydroxylation is 1. The van der Waals surface area contributed by atoms with Gasteiger partial charge in [0.2, 0.25) is 5.91 Å². The Bertz CT molecular complexity index is 825. The van der Waals surface area contributed by atoms with Gasteiger partial charge in [0.15, 0.2) is 6.61 Å². The molecule has 0 saturated carbocycles. The molecule has 0 aliphatic carbocycles. The standard InChI is InChI=1S/C19H19ClN2O4/c1-13-3-2-4-15(9-13)25-8-7-22-16-10-14(21-18(23)11-20)5-6-17(16)26-12-19(22)24/h2-6,9-10H,7-8,11-12H2,1H3,(H,21,23). The molecular formula is C19H19ClN2O4. The summed E-state index contributed by atoms with van der Waals surface area (Å²) in [4.78, 5) is 25.4. The minimum Gasteiger partial charge on any atom is -0.492 e. The number of ether oxygens (including phenoxy) is 2. The van der Waals surface area contributed by atoms with Crippen LogP contribution in [0.3, 0.4) is 0 Å². The first-order valence-corrected chi connectivity index (χ1v) is 8.73. The first-order valence-electron chi connectivity index (χ1n) is 8.19. The summed E-state index contributed by atoms with van der Waals surface area (Å²) in [6, 6.07) is 12.9. The molecule has 2 amide bonds. The molecule has 2 aromatic rings. The van der Waals surface area contributed by atoms with Crippen molar-refractivity contribution in [1.82, 2.24) is 0 Å². The van der Waals surface area contributed by atoms with Gasteiger partial charge in [-0.15, -0.1) is 11.6 Å². The molecule has 1 N–H and O–H groups in total. The maximum absolute atomic E-state index is 12.3. The highest BCUT2D eigenvalue weighted by molar-refractivity contribution is 6.29. The number of alkyl halides is 1. The van der Waals surface area contributed by atoms with Gasteiger partial charge in [-0.2, -0.15) is 0 Å². The van der Waals surface area contributed by atoms with Gasteiger partial charge in [-0.25, -0.2) is 0 Å². The number of anilines is 2. The van der Waals surface area contributed by atoms with Gasteiger partial charge in [0.25, 0.3) is 5.91 Å². The largest absolute Gasteiger partial charge is 0.492 e. The van der Waals surface area contributed by atoms with Crippen LogP contribution in [-0.4, -0.2) is 37.5 Å². The monoisotopic (exact) mass is 374 g/mol. The van der Waals surface area contributed by atoms with Crippen molar-refractivity contribution >= 4 is 34.8 Å². The van der Waals surface area contributed by atoms with Crippen LogP contribution in [0.1, 0.15) is 5.56 Å². The van der Waals surface area contributed by atoms with E-state index in [1.165, 1.54) is 0 Å². The van der Waals surface area contributed by atoms with Gasteiger partial charge >= 0.3 is 0 Å². The summed E-state index contributed by atoms with van der Waals surface area (Å²) < 4.78 is 11.2. The van der Waals surface area contributed by atoms with E-state index in [0.717, 1.165) is 11.3 Å². The van der Waals surface area contributed by atoms with E-state index in [1.54, 1.807) is 23.1 Å². The quantitative estimate of drug-likeness (QED) is 0.789. The van der Waals surface area contributed by atoms with Crippen molar-refractivity contribution in [2.45, 2.75) is 6.92 Å². The zero-order valence-corrected chi connectivity index (χ0v) is 15.1. The SMILES string of the molecule is Cc1cccc(OCCN2C(=O)COc3ccc(NC(=O)CCl)cc32)c1. The minimum absolute atomic E-state index is 0.0230. The van der Waals surface area contributed by atoms with Crippen molar-refractivity contribution in [3.05, 3.63) is 48.0 Å². The van der Waals surface area contributed by atoms with Crippen molar-refractivity contribution < 1.29 is 19.1 Å². The van der Waals surface area contributed by atoms with Gasteiger partial charge in [-0.3, -0.25) is 9.59 Å². The number of carbonyl (C=O) groups is 2. The lowest BCUT2D eigenvalue weighted by atomic mass is 10.2. The average molecular weight is 375 g/mol. The van der Waals surface area contributed by atoms with Crippen molar-refractivity contribution in [3.8, 4) is 11.5 Å². The molecular weight excluding hydrogens is 356 g/mol. The number of rotatable bonds is 6. The third kappa shape index (κ3) is 4.26. The Morgan fingerprint density at radius 1 is 1.31 bits per heavy atom. The van der Waals surface area contributed by atoms with Crippen molar-refractivity contribution in [2.24, 2.45) is 0 Å². The van der Waals surface area contributed by atoms with Crippen molar-refractivity contribution in [3.63, 3.8) is 0 Å². The molecule has 0 saturated heterocycles. The summed E-state index contributed by atoms with van der Waals surface area (Å²) in [5.74, 6) is 0.730. The molecule has 0 unspecified atom stereocenters. The van der Waals surface area contributed by atoms with Crippen LogP contribution in [0.25, 0.3) is 0 Å². The van der Waals surface area contributed by atoms with Crippen LogP contribution < -0.4 is 19.7 Å². The highest BCUT2D eigenvalue weighted by Gasteiger charge is 2.26. The lowest BCUT2D eigenvalue weighted by molar-refractivity contribution is -0.121. The maximum Gasteiger partial charge on any atom is 0.265 e. The summed E-state index contributed by atoms with van der Waals surface area (Å²) in [7, 11) is 0. The molecule has 0 atom stereocenters. The Morgan fingerprint density at radius 2 is 2.15 bits per heavy atom. The topological polar surface area (TPSA) is 67.9 Å². The average Bonchev–Trinajstić information content (AvgIpc) is 2.63. The van der Waals surface area contributed by atoms with Crippen LogP contribution in [0, 0.1) is 6.92 Å². The van der Waals surface area contributed by atoms with E-state index < -0.39 is 0 Å². The third-order valence-electron chi connectivity index (χ3n) is 3.88. The number of hydrogen-bond donors (Lipinski definition) is 1. The second-order valence-electron chi connectivity index (χ2n) is 5.86. The Balaban J connectivity index is 1.72. The molecule has 6 nitrogen and oxygen atoms in total. The zero-order valence-electron chi connectivity index (χ0n) is 14.3. The molecule has 1 heterocycles. The summed E-state index contributed by atoms with van der Waals surface area (Å²) >= 11 is 5.52. The molecule has 1 aliphatic heterocycles. The lowest BCUT2D eigenvalue weighted by Gasteiger charge is -2.29. The molecule has 0 radical (unpaired) electrons. The number of hydrogen-bond acceptors (Lipinski definition) is 4. The van der Waals surface area contributed by atoms with Gasteiger partial charge in [-0.05, 0) is 42.8 Å².